The maximum absolute atomic E-state index is 14.1. The van der Waals surface area contributed by atoms with Crippen LogP contribution in [-0.2, 0) is 32.9 Å². The van der Waals surface area contributed by atoms with Crippen LogP contribution in [0.2, 0.25) is 10.0 Å². The normalized spacial score (nSPS) is 17.8. The molecular formula is C97H96Cl2N12O14S2. The number of rotatable bonds is 22. The molecule has 18 rings (SSSR count). The van der Waals surface area contributed by atoms with Crippen LogP contribution in [0.5, 0.6) is 34.5 Å². The molecule has 127 heavy (non-hydrogen) atoms. The second-order valence-electron chi connectivity index (χ2n) is 35.1. The lowest BCUT2D eigenvalue weighted by Gasteiger charge is -2.39. The Balaban J connectivity index is 0.000000179. The summed E-state index contributed by atoms with van der Waals surface area (Å²) in [6, 6.07) is 55.5. The molecule has 8 aromatic carbocycles. The topological polar surface area (TPSA) is 320 Å². The van der Waals surface area contributed by atoms with Gasteiger partial charge < -0.3 is 38.7 Å². The fourth-order valence-electron chi connectivity index (χ4n) is 17.9. The van der Waals surface area contributed by atoms with Gasteiger partial charge >= 0.3 is 0 Å². The van der Waals surface area contributed by atoms with Crippen molar-refractivity contribution in [3.8, 4) is 34.5 Å². The summed E-state index contributed by atoms with van der Waals surface area (Å²) >= 11 is 12.5. The summed E-state index contributed by atoms with van der Waals surface area (Å²) in [5.74, 6) is -1.14. The van der Waals surface area contributed by atoms with Crippen LogP contribution in [0.15, 0.2) is 234 Å². The third-order valence-electron chi connectivity index (χ3n) is 25.1. The first-order chi connectivity index (χ1) is 61.0. The number of carbonyl (C=O) groups is 2. The number of nitrogens with one attached hydrogen (secondary N) is 4. The number of benzene rings is 8. The van der Waals surface area contributed by atoms with Gasteiger partial charge in [0.05, 0.1) is 67.5 Å². The number of halogens is 2. The van der Waals surface area contributed by atoms with E-state index in [1.807, 2.05) is 97.9 Å². The predicted octanol–water partition coefficient (Wildman–Crippen LogP) is 19.4. The zero-order valence-electron chi connectivity index (χ0n) is 70.9. The van der Waals surface area contributed by atoms with Gasteiger partial charge in [0.25, 0.3) is 43.2 Å². The maximum Gasteiger partial charge on any atom is 0.277 e. The van der Waals surface area contributed by atoms with Crippen molar-refractivity contribution in [2.24, 2.45) is 10.8 Å². The van der Waals surface area contributed by atoms with Gasteiger partial charge in [0.1, 0.15) is 45.8 Å². The fourth-order valence-corrected chi connectivity index (χ4v) is 20.2. The summed E-state index contributed by atoms with van der Waals surface area (Å²) in [5.41, 5.74) is 14.3. The molecule has 2 saturated heterocycles. The number of aromatic nitrogens is 4. The Morgan fingerprint density at radius 3 is 1.34 bits per heavy atom. The molecule has 0 unspecified atom stereocenters. The number of fused-ring (bicyclic) bond motifs is 4. The van der Waals surface area contributed by atoms with Gasteiger partial charge in [-0.3, -0.25) is 39.6 Å². The van der Waals surface area contributed by atoms with Crippen molar-refractivity contribution in [1.82, 2.24) is 39.2 Å². The van der Waals surface area contributed by atoms with Crippen molar-refractivity contribution >= 4 is 111 Å². The molecule has 0 radical (unpaired) electrons. The quantitative estimate of drug-likeness (QED) is 0.0362. The minimum Gasteiger partial charge on any atom is -0.492 e. The molecule has 8 heterocycles. The number of hydrogen-bond donors (Lipinski definition) is 4. The monoisotopic (exact) mass is 1790 g/mol. The van der Waals surface area contributed by atoms with Crippen molar-refractivity contribution in [1.29, 1.82) is 0 Å². The number of H-pyrrole nitrogens is 2. The summed E-state index contributed by atoms with van der Waals surface area (Å²) < 4.78 is 84.5. The minimum absolute atomic E-state index is 0.0494. The lowest BCUT2D eigenvalue weighted by molar-refractivity contribution is -0.386. The number of anilines is 2. The number of amides is 2. The zero-order chi connectivity index (χ0) is 88.6. The molecule has 4 N–H and O–H groups in total. The molecule has 2 aliphatic carbocycles. The molecule has 2 atom stereocenters. The van der Waals surface area contributed by atoms with E-state index < -0.39 is 62.9 Å². The SMILES string of the molecule is CC1(C)CCC(CN2CCN(c3ccc(C(=O)NS(=O)(=O)c4cc5c(c([N+](=O)[O-])c4)C[C@H](c4ccccc4)CO5)c(Oc4cnc5[nH]ccc5c4)c3)CC2)=C(c2ccc(Cl)cc2)C1.Cc1ccc([C@@H]2COc3cc(S(=O)(=O)NC(=O)c4ccc(N5CCN(CC6=C(c7ccc(Cl)cc7)CC(C)(C)CC6)CC5)cc4Oc4cnc5[nH]ccc5c4)cc([N+](=O)[O-])c3C2)cc1. The van der Waals surface area contributed by atoms with E-state index in [1.165, 1.54) is 57.9 Å². The van der Waals surface area contributed by atoms with Gasteiger partial charge in [0.15, 0.2) is 0 Å². The van der Waals surface area contributed by atoms with Crippen LogP contribution in [0.3, 0.4) is 0 Å². The van der Waals surface area contributed by atoms with E-state index in [-0.39, 0.29) is 82.8 Å². The molecular weight excluding hydrogens is 1690 g/mol. The lowest BCUT2D eigenvalue weighted by atomic mass is 9.72. The largest absolute Gasteiger partial charge is 0.492 e. The standard InChI is InChI=1S/C49H49ClN6O7S.C48H47ClN6O7S/c1-31-4-6-32(7-5-31)36-23-42-44(56(58)59)25-40(26-45(42)62-30-36)64(60,61)53-48(57)41-13-12-38(24-46(41)63-39-22-34-15-17-51-47(34)52-28-39)55-20-18-54(19-21-55)29-35-14-16-49(2,3)27-43(35)33-8-10-37(50)11-9-33;1-48(2)16-14-34(42(27-48)32-8-10-36(49)11-9-32)29-53-18-20-54(21-19-53)37-12-13-40(45(24-37)62-38-22-33-15-17-50-46(33)51-28-38)47(56)52-63(59,60)39-25-43(55(57)58)41-23-35(30-61-44(41)26-39)31-6-4-3-5-7-31/h4-13,15,17,22,24-26,28,36H,14,16,18-21,23,27,29-30H2,1-3H3,(H,51,52)(H,53,57);3-13,15,17,22,24-26,28,35H,14,16,18-21,23,27,29-30H2,1-2H3,(H,50,51)(H,52,56)/t36-;35-/m00/s1. The van der Waals surface area contributed by atoms with Crippen molar-refractivity contribution in [2.45, 2.75) is 108 Å². The fraction of sp³-hybridized carbons (Fsp3) is 0.299. The Bertz CT molecular complexity index is 6550. The molecule has 30 heteroatoms. The first-order valence-electron chi connectivity index (χ1n) is 42.5. The Hall–Kier alpha value is -12.4. The number of aryl methyl sites for hydroxylation is 1. The number of aromatic amines is 2. The van der Waals surface area contributed by atoms with Gasteiger partial charge in [0.2, 0.25) is 0 Å². The lowest BCUT2D eigenvalue weighted by Crippen LogP contribution is -2.47. The predicted molar refractivity (Wildman–Crippen MR) is 492 cm³/mol. The van der Waals surface area contributed by atoms with E-state index in [0.717, 1.165) is 165 Å². The molecule has 2 fully saturated rings. The number of hydrogen-bond acceptors (Lipinski definition) is 20. The smallest absolute Gasteiger partial charge is 0.277 e. The van der Waals surface area contributed by atoms with Crippen LogP contribution in [0.25, 0.3) is 33.2 Å². The average molecular weight is 1790 g/mol. The highest BCUT2D eigenvalue weighted by Gasteiger charge is 2.38. The number of sulfonamides is 2. The van der Waals surface area contributed by atoms with Gasteiger partial charge in [0, 0.05) is 158 Å². The van der Waals surface area contributed by atoms with Gasteiger partial charge in [-0.1, -0.05) is 146 Å². The molecule has 0 bridgehead atoms. The van der Waals surface area contributed by atoms with E-state index in [9.17, 15) is 46.7 Å². The minimum atomic E-state index is -4.64. The van der Waals surface area contributed by atoms with Crippen molar-refractivity contribution in [3.05, 3.63) is 304 Å². The number of nitrogens with zero attached hydrogens (tertiary/aromatic N) is 8. The first-order valence-corrected chi connectivity index (χ1v) is 46.2. The molecule has 0 spiro atoms. The Morgan fingerprint density at radius 1 is 0.520 bits per heavy atom. The van der Waals surface area contributed by atoms with Crippen LogP contribution < -0.4 is 38.2 Å². The number of nitro benzene ring substituents is 2. The Kier molecular flexibility index (Phi) is 24.7. The number of pyridine rings is 2. The number of allylic oxidation sites excluding steroid dienone is 2. The molecule has 4 aromatic heterocycles. The molecule has 4 aliphatic heterocycles. The highest BCUT2D eigenvalue weighted by atomic mass is 35.5. The first kappa shape index (κ1) is 86.7. The maximum atomic E-state index is 14.1. The van der Waals surface area contributed by atoms with Gasteiger partial charge in [-0.2, -0.15) is 0 Å². The molecule has 6 aliphatic rings. The van der Waals surface area contributed by atoms with Crippen molar-refractivity contribution < 1.29 is 55.2 Å². The number of nitro groups is 2. The highest BCUT2D eigenvalue weighted by molar-refractivity contribution is 7.90. The molecule has 12 aromatic rings. The van der Waals surface area contributed by atoms with Crippen LogP contribution >= 0.6 is 23.2 Å². The van der Waals surface area contributed by atoms with Gasteiger partial charge in [-0.15, -0.1) is 0 Å². The molecule has 2 amide bonds. The van der Waals surface area contributed by atoms with Crippen LogP contribution in [0.1, 0.15) is 138 Å². The zero-order valence-corrected chi connectivity index (χ0v) is 74.0. The van der Waals surface area contributed by atoms with E-state index in [2.05, 4.69) is 101 Å². The van der Waals surface area contributed by atoms with Crippen molar-refractivity contribution in [2.75, 3.05) is 88.5 Å². The Labute approximate surface area is 746 Å². The van der Waals surface area contributed by atoms with Gasteiger partial charge in [-0.25, -0.2) is 36.2 Å². The van der Waals surface area contributed by atoms with Crippen LogP contribution in [-0.4, -0.2) is 147 Å². The number of ether oxygens (including phenoxy) is 4. The summed E-state index contributed by atoms with van der Waals surface area (Å²) in [4.78, 5) is 75.0. The van der Waals surface area contributed by atoms with Gasteiger partial charge in [-0.05, 0) is 175 Å². The molecule has 0 saturated carbocycles. The summed E-state index contributed by atoms with van der Waals surface area (Å²) in [7, 11) is -9.27. The Morgan fingerprint density at radius 2 is 0.929 bits per heavy atom. The van der Waals surface area contributed by atoms with E-state index >= 15 is 0 Å². The number of carbonyl (C=O) groups excluding carboxylic acids is 2. The summed E-state index contributed by atoms with van der Waals surface area (Å²) in [6.45, 7) is 19.6. The van der Waals surface area contributed by atoms with Crippen LogP contribution in [0, 0.1) is 38.0 Å². The molecule has 654 valence electrons. The van der Waals surface area contributed by atoms with Crippen LogP contribution in [0.4, 0.5) is 22.7 Å². The summed E-state index contributed by atoms with van der Waals surface area (Å²) in [5, 5.41) is 27.7. The third kappa shape index (κ3) is 19.7. The summed E-state index contributed by atoms with van der Waals surface area (Å²) in [6.07, 6.45) is 13.5. The highest BCUT2D eigenvalue weighted by Crippen LogP contribution is 2.48. The van der Waals surface area contributed by atoms with E-state index in [0.29, 0.717) is 33.9 Å². The second kappa shape index (κ2) is 36.1. The molecule has 26 nitrogen and oxygen atoms in total. The van der Waals surface area contributed by atoms with E-state index in [1.54, 1.807) is 60.9 Å². The average Bonchev–Trinajstić information content (AvgIpc) is 1.31. The second-order valence-corrected chi connectivity index (χ2v) is 39.3. The van der Waals surface area contributed by atoms with E-state index in [4.69, 9.17) is 42.1 Å². The van der Waals surface area contributed by atoms with Crippen molar-refractivity contribution in [3.63, 3.8) is 0 Å². The number of piperazine rings is 2. The third-order valence-corrected chi connectivity index (χ3v) is 28.2.